The standard InChI is InChI=1S/C12H13N3O2S/c1-15-7-10(4-5-13)11-6-9(2-3-12(11)15)8-18(14,16)17/h2-3,6-7H,4,8H2,1H3,(H2,14,16,17). The smallest absolute Gasteiger partial charge is 0.213 e. The number of rotatable bonds is 3. The zero-order chi connectivity index (χ0) is 13.3. The quantitative estimate of drug-likeness (QED) is 0.897. The molecule has 0 amide bonds. The lowest BCUT2D eigenvalue weighted by Crippen LogP contribution is -2.14. The van der Waals surface area contributed by atoms with Gasteiger partial charge in [0, 0.05) is 24.1 Å². The summed E-state index contributed by atoms with van der Waals surface area (Å²) in [6, 6.07) is 7.47. The lowest BCUT2D eigenvalue weighted by molar-refractivity contribution is 0.597. The van der Waals surface area contributed by atoms with E-state index in [1.54, 1.807) is 12.1 Å². The Hall–Kier alpha value is -1.84. The second-order valence-electron chi connectivity index (χ2n) is 4.26. The van der Waals surface area contributed by atoms with Crippen molar-refractivity contribution in [3.8, 4) is 6.07 Å². The van der Waals surface area contributed by atoms with Crippen molar-refractivity contribution in [3.05, 3.63) is 35.5 Å². The van der Waals surface area contributed by atoms with Crippen LogP contribution in [0.4, 0.5) is 0 Å². The summed E-state index contributed by atoms with van der Waals surface area (Å²) in [4.78, 5) is 0. The Morgan fingerprint density at radius 2 is 2.17 bits per heavy atom. The van der Waals surface area contributed by atoms with E-state index in [1.807, 2.05) is 23.9 Å². The van der Waals surface area contributed by atoms with Crippen molar-refractivity contribution < 1.29 is 8.42 Å². The molecule has 94 valence electrons. The fraction of sp³-hybridized carbons (Fsp3) is 0.250. The molecule has 0 aliphatic heterocycles. The van der Waals surface area contributed by atoms with E-state index >= 15 is 0 Å². The normalized spacial score (nSPS) is 11.6. The van der Waals surface area contributed by atoms with Crippen LogP contribution >= 0.6 is 0 Å². The van der Waals surface area contributed by atoms with Gasteiger partial charge >= 0.3 is 0 Å². The molecule has 0 unspecified atom stereocenters. The highest BCUT2D eigenvalue weighted by atomic mass is 32.2. The Morgan fingerprint density at radius 3 is 2.78 bits per heavy atom. The van der Waals surface area contributed by atoms with Gasteiger partial charge in [-0.3, -0.25) is 0 Å². The third-order valence-electron chi connectivity index (χ3n) is 2.77. The molecular formula is C12H13N3O2S. The minimum absolute atomic E-state index is 0.191. The maximum Gasteiger partial charge on any atom is 0.213 e. The van der Waals surface area contributed by atoms with Crippen molar-refractivity contribution in [2.75, 3.05) is 0 Å². The first kappa shape index (κ1) is 12.6. The molecule has 0 atom stereocenters. The number of fused-ring (bicyclic) bond motifs is 1. The van der Waals surface area contributed by atoms with E-state index in [0.29, 0.717) is 12.0 Å². The molecule has 0 saturated heterocycles. The van der Waals surface area contributed by atoms with Crippen LogP contribution in [0.25, 0.3) is 10.9 Å². The number of nitriles is 1. The monoisotopic (exact) mass is 263 g/mol. The molecule has 6 heteroatoms. The summed E-state index contributed by atoms with van der Waals surface area (Å²) in [7, 11) is -1.64. The van der Waals surface area contributed by atoms with Crippen molar-refractivity contribution in [1.29, 1.82) is 5.26 Å². The molecule has 2 rings (SSSR count). The number of aryl methyl sites for hydroxylation is 1. The van der Waals surface area contributed by atoms with E-state index in [4.69, 9.17) is 10.4 Å². The highest BCUT2D eigenvalue weighted by Gasteiger charge is 2.10. The molecule has 1 aromatic carbocycles. The molecular weight excluding hydrogens is 250 g/mol. The highest BCUT2D eigenvalue weighted by Crippen LogP contribution is 2.23. The summed E-state index contributed by atoms with van der Waals surface area (Å²) in [6.07, 6.45) is 2.19. The van der Waals surface area contributed by atoms with Crippen LogP contribution in [0.15, 0.2) is 24.4 Å². The molecule has 0 bridgehead atoms. The largest absolute Gasteiger partial charge is 0.350 e. The van der Waals surface area contributed by atoms with Crippen LogP contribution in [0, 0.1) is 11.3 Å². The summed E-state index contributed by atoms with van der Waals surface area (Å²) in [6.45, 7) is 0. The molecule has 2 N–H and O–H groups in total. The average Bonchev–Trinajstić information content (AvgIpc) is 2.54. The molecule has 2 aromatic rings. The van der Waals surface area contributed by atoms with E-state index in [1.165, 1.54) is 0 Å². The van der Waals surface area contributed by atoms with Crippen molar-refractivity contribution in [3.63, 3.8) is 0 Å². The second kappa shape index (κ2) is 4.44. The number of sulfonamides is 1. The van der Waals surface area contributed by atoms with Gasteiger partial charge in [0.2, 0.25) is 10.0 Å². The lowest BCUT2D eigenvalue weighted by atomic mass is 10.1. The molecule has 1 heterocycles. The Kier molecular flexibility index (Phi) is 3.11. The van der Waals surface area contributed by atoms with Gasteiger partial charge in [-0.2, -0.15) is 5.26 Å². The number of nitrogens with two attached hydrogens (primary N) is 1. The van der Waals surface area contributed by atoms with E-state index in [0.717, 1.165) is 16.5 Å². The van der Waals surface area contributed by atoms with Crippen LogP contribution in [0.2, 0.25) is 0 Å². The van der Waals surface area contributed by atoms with E-state index in [2.05, 4.69) is 6.07 Å². The van der Waals surface area contributed by atoms with Crippen molar-refractivity contribution in [2.45, 2.75) is 12.2 Å². The van der Waals surface area contributed by atoms with Crippen LogP contribution in [0.1, 0.15) is 11.1 Å². The van der Waals surface area contributed by atoms with Gasteiger partial charge in [-0.1, -0.05) is 6.07 Å². The molecule has 18 heavy (non-hydrogen) atoms. The highest BCUT2D eigenvalue weighted by molar-refractivity contribution is 7.88. The van der Waals surface area contributed by atoms with Gasteiger partial charge in [-0.05, 0) is 23.3 Å². The summed E-state index contributed by atoms with van der Waals surface area (Å²) >= 11 is 0. The Balaban J connectivity index is 2.56. The van der Waals surface area contributed by atoms with Gasteiger partial charge in [0.05, 0.1) is 18.2 Å². The van der Waals surface area contributed by atoms with Crippen LogP contribution in [-0.2, 0) is 29.2 Å². The average molecular weight is 263 g/mol. The number of primary sulfonamides is 1. The lowest BCUT2D eigenvalue weighted by Gasteiger charge is -2.01. The first-order valence-corrected chi connectivity index (χ1v) is 7.06. The maximum absolute atomic E-state index is 11.1. The van der Waals surface area contributed by atoms with E-state index < -0.39 is 10.0 Å². The van der Waals surface area contributed by atoms with Crippen molar-refractivity contribution in [2.24, 2.45) is 12.2 Å². The van der Waals surface area contributed by atoms with Gasteiger partial charge < -0.3 is 4.57 Å². The molecule has 0 spiro atoms. The van der Waals surface area contributed by atoms with Gasteiger partial charge in [-0.25, -0.2) is 13.6 Å². The molecule has 0 aliphatic rings. The number of aromatic nitrogens is 1. The summed E-state index contributed by atoms with van der Waals surface area (Å²) in [5, 5.41) is 14.7. The van der Waals surface area contributed by atoms with E-state index in [-0.39, 0.29) is 5.75 Å². The molecule has 0 aliphatic carbocycles. The fourth-order valence-corrected chi connectivity index (χ4v) is 2.71. The number of benzene rings is 1. The van der Waals surface area contributed by atoms with Crippen LogP contribution in [0.3, 0.4) is 0 Å². The summed E-state index contributed by atoms with van der Waals surface area (Å²) in [5.74, 6) is -0.191. The molecule has 0 radical (unpaired) electrons. The number of nitrogens with zero attached hydrogens (tertiary/aromatic N) is 2. The Labute approximate surface area is 105 Å². The van der Waals surface area contributed by atoms with Gasteiger partial charge in [0.15, 0.2) is 0 Å². The zero-order valence-electron chi connectivity index (χ0n) is 9.92. The molecule has 5 nitrogen and oxygen atoms in total. The summed E-state index contributed by atoms with van der Waals surface area (Å²) < 4.78 is 24.1. The first-order valence-electron chi connectivity index (χ1n) is 5.35. The number of hydrogen-bond acceptors (Lipinski definition) is 3. The second-order valence-corrected chi connectivity index (χ2v) is 5.87. The van der Waals surface area contributed by atoms with Crippen molar-refractivity contribution in [1.82, 2.24) is 4.57 Å². The SMILES string of the molecule is Cn1cc(CC#N)c2cc(CS(N)(=O)=O)ccc21. The van der Waals surface area contributed by atoms with Crippen molar-refractivity contribution >= 4 is 20.9 Å². The first-order chi connectivity index (χ1) is 8.40. The maximum atomic E-state index is 11.1. The number of hydrogen-bond donors (Lipinski definition) is 1. The Morgan fingerprint density at radius 1 is 1.44 bits per heavy atom. The minimum Gasteiger partial charge on any atom is -0.350 e. The van der Waals surface area contributed by atoms with Gasteiger partial charge in [0.25, 0.3) is 0 Å². The third-order valence-corrected chi connectivity index (χ3v) is 3.51. The minimum atomic E-state index is -3.54. The fourth-order valence-electron chi connectivity index (χ4n) is 2.07. The van der Waals surface area contributed by atoms with Crippen LogP contribution in [0.5, 0.6) is 0 Å². The predicted molar refractivity (Wildman–Crippen MR) is 69.0 cm³/mol. The predicted octanol–water partition coefficient (Wildman–Crippen LogP) is 1.03. The van der Waals surface area contributed by atoms with Gasteiger partial charge in [-0.15, -0.1) is 0 Å². The zero-order valence-corrected chi connectivity index (χ0v) is 10.7. The van der Waals surface area contributed by atoms with Gasteiger partial charge in [0.1, 0.15) is 0 Å². The summed E-state index contributed by atoms with van der Waals surface area (Å²) in [5.41, 5.74) is 2.50. The topological polar surface area (TPSA) is 88.9 Å². The van der Waals surface area contributed by atoms with Crippen LogP contribution in [-0.4, -0.2) is 13.0 Å². The molecule has 0 saturated carbocycles. The van der Waals surface area contributed by atoms with Crippen LogP contribution < -0.4 is 5.14 Å². The molecule has 1 aromatic heterocycles. The Bertz CT molecular complexity index is 739. The molecule has 0 fully saturated rings. The third kappa shape index (κ3) is 2.53. The van der Waals surface area contributed by atoms with E-state index in [9.17, 15) is 8.42 Å².